The fourth-order valence-electron chi connectivity index (χ4n) is 4.49. The van der Waals surface area contributed by atoms with E-state index in [-0.39, 0.29) is 11.6 Å². The van der Waals surface area contributed by atoms with Crippen LogP contribution in [0, 0.1) is 5.92 Å². The maximum atomic E-state index is 7.07. The average molecular weight is 354 g/mol. The Morgan fingerprint density at radius 1 is 1.12 bits per heavy atom. The van der Waals surface area contributed by atoms with Gasteiger partial charge in [0.25, 0.3) is 0 Å². The monoisotopic (exact) mass is 353 g/mol. The minimum atomic E-state index is -2.00. The zero-order valence-electron chi connectivity index (χ0n) is 15.7. The van der Waals surface area contributed by atoms with Crippen molar-refractivity contribution >= 4 is 13.5 Å². The van der Waals surface area contributed by atoms with Crippen molar-refractivity contribution in [2.45, 2.75) is 57.3 Å². The van der Waals surface area contributed by atoms with Gasteiger partial charge >= 0.3 is 0 Å². The molecule has 0 amide bonds. The number of rotatable bonds is 5. The van der Waals surface area contributed by atoms with Crippen molar-refractivity contribution < 1.29 is 4.43 Å². The van der Waals surface area contributed by atoms with Gasteiger partial charge in [0.2, 0.25) is 8.32 Å². The van der Waals surface area contributed by atoms with Gasteiger partial charge in [0.05, 0.1) is 5.60 Å². The summed E-state index contributed by atoms with van der Waals surface area (Å²) in [7, 11) is -2.00. The van der Waals surface area contributed by atoms with Crippen LogP contribution in [0.2, 0.25) is 12.6 Å². The van der Waals surface area contributed by atoms with Gasteiger partial charge in [-0.2, -0.15) is 0 Å². The van der Waals surface area contributed by atoms with E-state index in [4.69, 9.17) is 10.2 Å². The predicted molar refractivity (Wildman–Crippen MR) is 108 cm³/mol. The zero-order chi connectivity index (χ0) is 17.9. The molecule has 1 saturated heterocycles. The van der Waals surface area contributed by atoms with Crippen LogP contribution in [0.1, 0.15) is 38.7 Å². The summed E-state index contributed by atoms with van der Waals surface area (Å²) in [5, 5.41) is 1.39. The molecule has 0 saturated carbocycles. The highest BCUT2D eigenvalue weighted by Gasteiger charge is 2.50. The smallest absolute Gasteiger partial charge is 0.222 e. The zero-order valence-corrected chi connectivity index (χ0v) is 16.7. The fourth-order valence-corrected chi connectivity index (χ4v) is 7.97. The molecule has 3 rings (SSSR count). The summed E-state index contributed by atoms with van der Waals surface area (Å²) >= 11 is 0. The van der Waals surface area contributed by atoms with Crippen molar-refractivity contribution in [1.29, 1.82) is 0 Å². The third-order valence-electron chi connectivity index (χ3n) is 5.95. The van der Waals surface area contributed by atoms with Crippen LogP contribution in [0.15, 0.2) is 60.7 Å². The molecule has 4 unspecified atom stereocenters. The molecule has 0 bridgehead atoms. The van der Waals surface area contributed by atoms with Crippen molar-refractivity contribution in [2.24, 2.45) is 11.7 Å². The number of hydrogen-bond acceptors (Lipinski definition) is 2. The SMILES string of the molecule is CCCC(N)C1CC[Si](C)(c2ccccc2)OC1(C)c1ccccc1. The molecule has 25 heavy (non-hydrogen) atoms. The first kappa shape index (κ1) is 18.4. The highest BCUT2D eigenvalue weighted by atomic mass is 28.4. The van der Waals surface area contributed by atoms with E-state index in [1.807, 2.05) is 0 Å². The van der Waals surface area contributed by atoms with Crippen LogP contribution in [0.5, 0.6) is 0 Å². The predicted octanol–water partition coefficient (Wildman–Crippen LogP) is 4.55. The highest BCUT2D eigenvalue weighted by molar-refractivity contribution is 6.85. The Bertz CT molecular complexity index is 677. The number of nitrogens with two attached hydrogens (primary N) is 1. The molecule has 0 aliphatic carbocycles. The third-order valence-corrected chi connectivity index (χ3v) is 9.62. The lowest BCUT2D eigenvalue weighted by molar-refractivity contribution is -0.0183. The summed E-state index contributed by atoms with van der Waals surface area (Å²) in [5.41, 5.74) is 7.58. The molecule has 1 fully saturated rings. The van der Waals surface area contributed by atoms with E-state index in [9.17, 15) is 0 Å². The van der Waals surface area contributed by atoms with Crippen molar-refractivity contribution in [2.75, 3.05) is 0 Å². The van der Waals surface area contributed by atoms with Crippen LogP contribution in [-0.2, 0) is 10.0 Å². The van der Waals surface area contributed by atoms with Crippen molar-refractivity contribution in [3.8, 4) is 0 Å². The van der Waals surface area contributed by atoms with E-state index < -0.39 is 8.32 Å². The molecule has 4 atom stereocenters. The van der Waals surface area contributed by atoms with Crippen molar-refractivity contribution in [1.82, 2.24) is 0 Å². The molecule has 1 aliphatic heterocycles. The molecule has 0 spiro atoms. The number of hydrogen-bond donors (Lipinski definition) is 1. The molecule has 3 heteroatoms. The van der Waals surface area contributed by atoms with Gasteiger partial charge < -0.3 is 10.2 Å². The summed E-state index contributed by atoms with van der Waals surface area (Å²) in [4.78, 5) is 0. The first-order valence-corrected chi connectivity index (χ1v) is 12.2. The van der Waals surface area contributed by atoms with Crippen LogP contribution in [-0.4, -0.2) is 14.4 Å². The molecule has 0 radical (unpaired) electrons. The topological polar surface area (TPSA) is 35.2 Å². The van der Waals surface area contributed by atoms with E-state index >= 15 is 0 Å². The highest BCUT2D eigenvalue weighted by Crippen LogP contribution is 2.46. The fraction of sp³-hybridized carbons (Fsp3) is 0.455. The molecular formula is C22H31NOSi. The quantitative estimate of drug-likeness (QED) is 0.801. The first-order valence-electron chi connectivity index (χ1n) is 9.56. The number of benzene rings is 2. The second kappa shape index (κ2) is 7.44. The Balaban J connectivity index is 2.00. The molecule has 2 aromatic carbocycles. The summed E-state index contributed by atoms with van der Waals surface area (Å²) in [6, 6.07) is 22.9. The van der Waals surface area contributed by atoms with E-state index in [0.717, 1.165) is 25.3 Å². The molecule has 2 N–H and O–H groups in total. The average Bonchev–Trinajstić information content (AvgIpc) is 2.63. The van der Waals surface area contributed by atoms with Gasteiger partial charge in [-0.15, -0.1) is 0 Å². The van der Waals surface area contributed by atoms with Crippen LogP contribution < -0.4 is 10.9 Å². The second-order valence-electron chi connectivity index (χ2n) is 7.77. The van der Waals surface area contributed by atoms with E-state index in [1.165, 1.54) is 10.8 Å². The summed E-state index contributed by atoms with van der Waals surface area (Å²) in [6.07, 6.45) is 3.32. The van der Waals surface area contributed by atoms with E-state index in [1.54, 1.807) is 0 Å². The summed E-state index contributed by atoms with van der Waals surface area (Å²) < 4.78 is 7.07. The van der Waals surface area contributed by atoms with Crippen LogP contribution in [0.4, 0.5) is 0 Å². The van der Waals surface area contributed by atoms with Gasteiger partial charge in [0.1, 0.15) is 0 Å². The van der Waals surface area contributed by atoms with Gasteiger partial charge in [0, 0.05) is 12.0 Å². The minimum absolute atomic E-state index is 0.185. The van der Waals surface area contributed by atoms with Crippen LogP contribution in [0.25, 0.3) is 0 Å². The molecule has 1 aliphatic rings. The molecular weight excluding hydrogens is 322 g/mol. The van der Waals surface area contributed by atoms with Crippen LogP contribution >= 0.6 is 0 Å². The third kappa shape index (κ3) is 3.59. The second-order valence-corrected chi connectivity index (χ2v) is 11.5. The van der Waals surface area contributed by atoms with Crippen LogP contribution in [0.3, 0.4) is 0 Å². The van der Waals surface area contributed by atoms with E-state index in [0.29, 0.717) is 5.92 Å². The Morgan fingerprint density at radius 3 is 2.32 bits per heavy atom. The maximum absolute atomic E-state index is 7.07. The maximum Gasteiger partial charge on any atom is 0.222 e. The lowest BCUT2D eigenvalue weighted by Crippen LogP contribution is -2.61. The lowest BCUT2D eigenvalue weighted by atomic mass is 9.76. The normalized spacial score (nSPS) is 30.8. The minimum Gasteiger partial charge on any atom is -0.403 e. The van der Waals surface area contributed by atoms with Crippen molar-refractivity contribution in [3.63, 3.8) is 0 Å². The van der Waals surface area contributed by atoms with E-state index in [2.05, 4.69) is 81.1 Å². The Morgan fingerprint density at radius 2 is 1.72 bits per heavy atom. The first-order chi connectivity index (χ1) is 12.0. The van der Waals surface area contributed by atoms with Gasteiger partial charge in [-0.05, 0) is 43.1 Å². The summed E-state index contributed by atoms with van der Waals surface area (Å²) in [6.45, 7) is 6.85. The molecule has 2 nitrogen and oxygen atoms in total. The standard InChI is InChI=1S/C22H31NOSi/c1-4-11-21(23)20-16-17-25(3,19-14-9-6-10-15-19)24-22(20,2)18-12-7-5-8-13-18/h5-10,12-15,20-21H,4,11,16-17,23H2,1-3H3. The Hall–Kier alpha value is -1.42. The molecule has 0 aromatic heterocycles. The van der Waals surface area contributed by atoms with Gasteiger partial charge in [0.15, 0.2) is 0 Å². The van der Waals surface area contributed by atoms with Gasteiger partial charge in [-0.25, -0.2) is 0 Å². The van der Waals surface area contributed by atoms with Crippen molar-refractivity contribution in [3.05, 3.63) is 66.2 Å². The Kier molecular flexibility index (Phi) is 5.47. The summed E-state index contributed by atoms with van der Waals surface area (Å²) in [5.74, 6) is 0.360. The Labute approximate surface area is 153 Å². The largest absolute Gasteiger partial charge is 0.403 e. The molecule has 134 valence electrons. The molecule has 1 heterocycles. The van der Waals surface area contributed by atoms with Gasteiger partial charge in [-0.3, -0.25) is 0 Å². The molecule has 2 aromatic rings. The van der Waals surface area contributed by atoms with Gasteiger partial charge in [-0.1, -0.05) is 74.0 Å². The lowest BCUT2D eigenvalue weighted by Gasteiger charge is -2.51.